The van der Waals surface area contributed by atoms with Gasteiger partial charge in [-0.25, -0.2) is 12.8 Å². The lowest BCUT2D eigenvalue weighted by atomic mass is 10.2. The Labute approximate surface area is 120 Å². The number of benzene rings is 2. The molecule has 0 amide bonds. The number of nitrogens with one attached hydrogen (secondary N) is 1. The van der Waals surface area contributed by atoms with E-state index in [1.54, 1.807) is 0 Å². The molecule has 0 spiro atoms. The average molecular weight is 311 g/mol. The van der Waals surface area contributed by atoms with Crippen LogP contribution in [-0.2, 0) is 10.0 Å². The minimum Gasteiger partial charge on any atom is -0.280 e. The van der Waals surface area contributed by atoms with Gasteiger partial charge >= 0.3 is 0 Å². The standard InChI is InChI=1S/C13H8ClFN2O2S/c14-11-2-1-3-12(13(11)15)20(18,19)17-10-6-4-9(8-16)5-7-10/h1-7,17H. The predicted molar refractivity (Wildman–Crippen MR) is 73.4 cm³/mol. The third-order valence-electron chi connectivity index (χ3n) is 2.47. The van der Waals surface area contributed by atoms with Crippen LogP contribution in [0.4, 0.5) is 10.1 Å². The first-order valence-electron chi connectivity index (χ1n) is 5.41. The zero-order valence-corrected chi connectivity index (χ0v) is 11.5. The number of sulfonamides is 1. The summed E-state index contributed by atoms with van der Waals surface area (Å²) in [6, 6.07) is 11.4. The van der Waals surface area contributed by atoms with Crippen LogP contribution < -0.4 is 4.72 Å². The molecule has 0 aliphatic heterocycles. The Morgan fingerprint density at radius 3 is 2.40 bits per heavy atom. The van der Waals surface area contributed by atoms with Crippen molar-refractivity contribution in [3.05, 3.63) is 58.9 Å². The molecule has 2 aromatic carbocycles. The molecule has 0 saturated heterocycles. The van der Waals surface area contributed by atoms with E-state index in [1.807, 2.05) is 6.07 Å². The molecule has 1 N–H and O–H groups in total. The Hall–Kier alpha value is -2.10. The summed E-state index contributed by atoms with van der Waals surface area (Å²) in [7, 11) is -4.08. The second-order valence-corrected chi connectivity index (χ2v) is 5.90. The van der Waals surface area contributed by atoms with Crippen molar-refractivity contribution in [2.75, 3.05) is 4.72 Å². The number of hydrogen-bond donors (Lipinski definition) is 1. The van der Waals surface area contributed by atoms with Crippen molar-refractivity contribution in [1.29, 1.82) is 5.26 Å². The van der Waals surface area contributed by atoms with E-state index in [4.69, 9.17) is 16.9 Å². The Morgan fingerprint density at radius 1 is 1.15 bits per heavy atom. The lowest BCUT2D eigenvalue weighted by Crippen LogP contribution is -2.14. The molecule has 0 unspecified atom stereocenters. The van der Waals surface area contributed by atoms with Crippen LogP contribution in [0.2, 0.25) is 5.02 Å². The second-order valence-electron chi connectivity index (χ2n) is 3.85. The van der Waals surface area contributed by atoms with Crippen LogP contribution in [0, 0.1) is 17.1 Å². The fourth-order valence-electron chi connectivity index (χ4n) is 1.51. The van der Waals surface area contributed by atoms with E-state index in [9.17, 15) is 12.8 Å². The van der Waals surface area contributed by atoms with Crippen molar-refractivity contribution < 1.29 is 12.8 Å². The van der Waals surface area contributed by atoms with Gasteiger partial charge in [0.2, 0.25) is 0 Å². The topological polar surface area (TPSA) is 70.0 Å². The van der Waals surface area contributed by atoms with Crippen LogP contribution in [0.25, 0.3) is 0 Å². The third-order valence-corrected chi connectivity index (χ3v) is 4.16. The summed E-state index contributed by atoms with van der Waals surface area (Å²) in [5, 5.41) is 8.38. The Kier molecular flexibility index (Phi) is 3.93. The zero-order chi connectivity index (χ0) is 14.8. The summed E-state index contributed by atoms with van der Waals surface area (Å²) in [6.45, 7) is 0. The minimum atomic E-state index is -4.08. The van der Waals surface area contributed by atoms with Gasteiger partial charge in [0.25, 0.3) is 10.0 Å². The average Bonchev–Trinajstić information content (AvgIpc) is 2.42. The van der Waals surface area contributed by atoms with Crippen molar-refractivity contribution in [3.8, 4) is 6.07 Å². The lowest BCUT2D eigenvalue weighted by Gasteiger charge is -2.09. The van der Waals surface area contributed by atoms with E-state index in [2.05, 4.69) is 4.72 Å². The van der Waals surface area contributed by atoms with Gasteiger partial charge in [0.05, 0.1) is 16.7 Å². The molecule has 0 fully saturated rings. The molecule has 2 aromatic rings. The van der Waals surface area contributed by atoms with E-state index >= 15 is 0 Å². The molecule has 0 radical (unpaired) electrons. The van der Waals surface area contributed by atoms with Gasteiger partial charge in [0.1, 0.15) is 4.90 Å². The highest BCUT2D eigenvalue weighted by Gasteiger charge is 2.20. The van der Waals surface area contributed by atoms with Gasteiger partial charge in [-0.3, -0.25) is 4.72 Å². The van der Waals surface area contributed by atoms with Gasteiger partial charge in [-0.15, -0.1) is 0 Å². The summed E-state index contributed by atoms with van der Waals surface area (Å²) in [4.78, 5) is -0.533. The number of nitrogens with zero attached hydrogens (tertiary/aromatic N) is 1. The maximum Gasteiger partial charge on any atom is 0.264 e. The molecule has 0 saturated carbocycles. The minimum absolute atomic E-state index is 0.225. The van der Waals surface area contributed by atoms with Crippen molar-refractivity contribution >= 4 is 27.3 Å². The van der Waals surface area contributed by atoms with Crippen molar-refractivity contribution in [2.45, 2.75) is 4.90 Å². The summed E-state index contributed by atoms with van der Waals surface area (Å²) in [6.07, 6.45) is 0. The number of rotatable bonds is 3. The van der Waals surface area contributed by atoms with Gasteiger partial charge < -0.3 is 0 Å². The SMILES string of the molecule is N#Cc1ccc(NS(=O)(=O)c2cccc(Cl)c2F)cc1. The molecule has 20 heavy (non-hydrogen) atoms. The zero-order valence-electron chi connectivity index (χ0n) is 9.97. The molecule has 4 nitrogen and oxygen atoms in total. The van der Waals surface area contributed by atoms with Gasteiger partial charge in [-0.1, -0.05) is 17.7 Å². The first kappa shape index (κ1) is 14.3. The summed E-state index contributed by atoms with van der Waals surface area (Å²) in [5.74, 6) is -1.00. The predicted octanol–water partition coefficient (Wildman–Crippen LogP) is 3.15. The lowest BCUT2D eigenvalue weighted by molar-refractivity contribution is 0.570. The molecule has 0 heterocycles. The van der Waals surface area contributed by atoms with Gasteiger partial charge in [0, 0.05) is 5.69 Å². The van der Waals surface area contributed by atoms with Crippen LogP contribution in [0.3, 0.4) is 0 Å². The summed E-state index contributed by atoms with van der Waals surface area (Å²) in [5.41, 5.74) is 0.616. The normalized spacial score (nSPS) is 10.8. The number of hydrogen-bond acceptors (Lipinski definition) is 3. The van der Waals surface area contributed by atoms with E-state index in [0.29, 0.717) is 5.56 Å². The summed E-state index contributed by atoms with van der Waals surface area (Å²) >= 11 is 5.56. The Morgan fingerprint density at radius 2 is 1.80 bits per heavy atom. The highest BCUT2D eigenvalue weighted by atomic mass is 35.5. The smallest absolute Gasteiger partial charge is 0.264 e. The van der Waals surface area contributed by atoms with E-state index in [0.717, 1.165) is 6.07 Å². The number of anilines is 1. The second kappa shape index (κ2) is 5.49. The van der Waals surface area contributed by atoms with E-state index < -0.39 is 20.7 Å². The first-order valence-corrected chi connectivity index (χ1v) is 7.27. The van der Waals surface area contributed by atoms with Crippen LogP contribution in [0.5, 0.6) is 0 Å². The highest BCUT2D eigenvalue weighted by molar-refractivity contribution is 7.92. The maximum atomic E-state index is 13.7. The molecule has 102 valence electrons. The van der Waals surface area contributed by atoms with Gasteiger partial charge in [-0.05, 0) is 36.4 Å². The molecule has 0 atom stereocenters. The molecular formula is C13H8ClFN2O2S. The molecular weight excluding hydrogens is 303 g/mol. The van der Waals surface area contributed by atoms with Crippen LogP contribution in [-0.4, -0.2) is 8.42 Å². The first-order chi connectivity index (χ1) is 9.44. The quantitative estimate of drug-likeness (QED) is 0.946. The largest absolute Gasteiger partial charge is 0.280 e. The van der Waals surface area contributed by atoms with Crippen molar-refractivity contribution in [2.24, 2.45) is 0 Å². The maximum absolute atomic E-state index is 13.7. The van der Waals surface area contributed by atoms with Crippen LogP contribution in [0.1, 0.15) is 5.56 Å². The molecule has 0 aromatic heterocycles. The fourth-order valence-corrected chi connectivity index (χ4v) is 2.91. The molecule has 7 heteroatoms. The number of halogens is 2. The highest BCUT2D eigenvalue weighted by Crippen LogP contribution is 2.24. The molecule has 0 aliphatic rings. The molecule has 2 rings (SSSR count). The van der Waals surface area contributed by atoms with Crippen LogP contribution in [0.15, 0.2) is 47.4 Å². The van der Waals surface area contributed by atoms with Crippen molar-refractivity contribution in [1.82, 2.24) is 0 Å². The van der Waals surface area contributed by atoms with Gasteiger partial charge in [-0.2, -0.15) is 5.26 Å². The Balaban J connectivity index is 2.36. The van der Waals surface area contributed by atoms with E-state index in [1.165, 1.54) is 36.4 Å². The third kappa shape index (κ3) is 2.90. The van der Waals surface area contributed by atoms with E-state index in [-0.39, 0.29) is 10.7 Å². The molecule has 0 aliphatic carbocycles. The number of nitriles is 1. The fraction of sp³-hybridized carbons (Fsp3) is 0. The monoisotopic (exact) mass is 310 g/mol. The Bertz CT molecular complexity index is 783. The molecule has 0 bridgehead atoms. The summed E-state index contributed by atoms with van der Waals surface area (Å²) < 4.78 is 40.1. The van der Waals surface area contributed by atoms with Gasteiger partial charge in [0.15, 0.2) is 5.82 Å². The van der Waals surface area contributed by atoms with Crippen LogP contribution >= 0.6 is 11.6 Å². The van der Waals surface area contributed by atoms with Crippen molar-refractivity contribution in [3.63, 3.8) is 0 Å².